The normalized spacial score (nSPS) is 46.2. The lowest BCUT2D eigenvalue weighted by atomic mass is 9.45. The third-order valence-electron chi connectivity index (χ3n) is 7.63. The summed E-state index contributed by atoms with van der Waals surface area (Å²) < 4.78 is 0. The van der Waals surface area contributed by atoms with Crippen LogP contribution >= 0.6 is 0 Å². The van der Waals surface area contributed by atoms with Crippen molar-refractivity contribution in [2.24, 2.45) is 28.6 Å². The van der Waals surface area contributed by atoms with Gasteiger partial charge < -0.3 is 10.2 Å². The van der Waals surface area contributed by atoms with Crippen molar-refractivity contribution >= 4 is 5.78 Å². The van der Waals surface area contributed by atoms with Crippen LogP contribution in [-0.2, 0) is 4.79 Å². The highest BCUT2D eigenvalue weighted by Gasteiger charge is 2.59. The zero-order valence-corrected chi connectivity index (χ0v) is 15.2. The van der Waals surface area contributed by atoms with Crippen LogP contribution in [0.25, 0.3) is 0 Å². The molecule has 0 radical (unpaired) electrons. The first-order valence-electron chi connectivity index (χ1n) is 9.19. The van der Waals surface area contributed by atoms with Crippen molar-refractivity contribution < 1.29 is 15.0 Å². The van der Waals surface area contributed by atoms with Crippen molar-refractivity contribution in [3.63, 3.8) is 0 Å². The summed E-state index contributed by atoms with van der Waals surface area (Å²) in [5.41, 5.74) is -0.131. The molecule has 0 heterocycles. The Kier molecular flexibility index (Phi) is 3.85. The van der Waals surface area contributed by atoms with E-state index >= 15 is 0 Å². The smallest absolute Gasteiger partial charge is 0.159 e. The zero-order chi connectivity index (χ0) is 17.2. The Morgan fingerprint density at radius 2 is 1.83 bits per heavy atom. The van der Waals surface area contributed by atoms with Gasteiger partial charge in [0.2, 0.25) is 0 Å². The number of fused-ring (bicyclic) bond motifs is 3. The lowest BCUT2D eigenvalue weighted by molar-refractivity contribution is -0.149. The van der Waals surface area contributed by atoms with Gasteiger partial charge in [0, 0.05) is 6.42 Å². The van der Waals surface area contributed by atoms with E-state index in [9.17, 15) is 15.0 Å². The molecule has 0 aromatic rings. The molecule has 0 unspecified atom stereocenters. The van der Waals surface area contributed by atoms with Gasteiger partial charge >= 0.3 is 0 Å². The molecule has 3 nitrogen and oxygen atoms in total. The van der Waals surface area contributed by atoms with Gasteiger partial charge in [-0.15, -0.1) is 0 Å². The average Bonchev–Trinajstić information content (AvgIpc) is 2.47. The molecule has 2 N–H and O–H groups in total. The molecule has 0 aromatic heterocycles. The summed E-state index contributed by atoms with van der Waals surface area (Å²) in [6.45, 7) is 10.6. The van der Waals surface area contributed by atoms with Crippen LogP contribution in [0.15, 0.2) is 11.6 Å². The van der Waals surface area contributed by atoms with E-state index in [-0.39, 0.29) is 40.5 Å². The number of hydrogen-bond acceptors (Lipinski definition) is 3. The summed E-state index contributed by atoms with van der Waals surface area (Å²) >= 11 is 0. The van der Waals surface area contributed by atoms with Crippen molar-refractivity contribution in [3.05, 3.63) is 11.6 Å². The molecule has 2 fully saturated rings. The zero-order valence-electron chi connectivity index (χ0n) is 15.2. The third-order valence-corrected chi connectivity index (χ3v) is 7.63. The molecule has 5 atom stereocenters. The molecule has 0 amide bonds. The number of ketones is 1. The molecule has 3 aliphatic rings. The van der Waals surface area contributed by atoms with Crippen LogP contribution in [-0.4, -0.2) is 27.7 Å². The summed E-state index contributed by atoms with van der Waals surface area (Å²) in [7, 11) is 0. The van der Waals surface area contributed by atoms with Crippen LogP contribution < -0.4 is 0 Å². The lowest BCUT2D eigenvalue weighted by Crippen LogP contribution is -2.58. The van der Waals surface area contributed by atoms with E-state index in [2.05, 4.69) is 20.8 Å². The SMILES string of the molecule is CC(C)[C@]1(O)C=C2C(=O)C[C@@H]3C(C)(C)[C@H](O)CC[C@@]3(C)[C@@H]2CC1. The van der Waals surface area contributed by atoms with E-state index in [1.165, 1.54) is 0 Å². The van der Waals surface area contributed by atoms with Gasteiger partial charge in [-0.1, -0.05) is 34.6 Å². The first-order chi connectivity index (χ1) is 10.5. The predicted octanol–water partition coefficient (Wildman–Crippen LogP) is 3.49. The number of carbonyl (C=O) groups excluding carboxylic acids is 1. The minimum atomic E-state index is -0.839. The van der Waals surface area contributed by atoms with Crippen molar-refractivity contribution in [2.45, 2.75) is 78.4 Å². The highest BCUT2D eigenvalue weighted by atomic mass is 16.3. The van der Waals surface area contributed by atoms with Crippen LogP contribution in [0.4, 0.5) is 0 Å². The van der Waals surface area contributed by atoms with Crippen molar-refractivity contribution in [1.29, 1.82) is 0 Å². The number of allylic oxidation sites excluding steroid dienone is 1. The van der Waals surface area contributed by atoms with Gasteiger partial charge in [-0.05, 0) is 65.9 Å². The molecule has 0 aliphatic heterocycles. The number of rotatable bonds is 1. The highest BCUT2D eigenvalue weighted by molar-refractivity contribution is 5.97. The molecular weight excluding hydrogens is 288 g/mol. The highest BCUT2D eigenvalue weighted by Crippen LogP contribution is 2.62. The second-order valence-electron chi connectivity index (χ2n) is 9.40. The summed E-state index contributed by atoms with van der Waals surface area (Å²) in [5.74, 6) is 0.774. The first-order valence-corrected chi connectivity index (χ1v) is 9.19. The van der Waals surface area contributed by atoms with Gasteiger partial charge in [0.1, 0.15) is 0 Å². The Bertz CT molecular complexity index is 547. The maximum absolute atomic E-state index is 12.9. The third kappa shape index (κ3) is 2.34. The Morgan fingerprint density at radius 3 is 2.43 bits per heavy atom. The van der Waals surface area contributed by atoms with Crippen molar-refractivity contribution in [1.82, 2.24) is 0 Å². The van der Waals surface area contributed by atoms with Gasteiger partial charge in [-0.25, -0.2) is 0 Å². The first kappa shape index (κ1) is 17.2. The van der Waals surface area contributed by atoms with Gasteiger partial charge in [0.25, 0.3) is 0 Å². The average molecular weight is 320 g/mol. The number of hydrogen-bond donors (Lipinski definition) is 2. The fourth-order valence-corrected chi connectivity index (χ4v) is 5.68. The maximum Gasteiger partial charge on any atom is 0.159 e. The minimum Gasteiger partial charge on any atom is -0.393 e. The molecule has 3 heteroatoms. The second kappa shape index (κ2) is 5.16. The number of Topliss-reactive ketones (excluding diaryl/α,β-unsaturated/α-hetero) is 1. The molecule has 0 aromatic carbocycles. The van der Waals surface area contributed by atoms with E-state index in [1.54, 1.807) is 0 Å². The lowest BCUT2D eigenvalue weighted by Gasteiger charge is -2.60. The van der Waals surface area contributed by atoms with E-state index in [0.717, 1.165) is 31.3 Å². The number of carbonyl (C=O) groups is 1. The van der Waals surface area contributed by atoms with Gasteiger partial charge in [-0.2, -0.15) is 0 Å². The number of aliphatic hydroxyl groups excluding tert-OH is 1. The standard InChI is InChI=1S/C20H32O3/c1-12(2)20(23)9-6-14-13(11-20)15(21)10-16-18(3,4)17(22)7-8-19(14,16)5/h11-12,14,16-17,22-23H,6-10H2,1-5H3/t14-,16-,17-,19+,20-/m1/s1. The monoisotopic (exact) mass is 320 g/mol. The van der Waals surface area contributed by atoms with E-state index < -0.39 is 5.60 Å². The molecule has 3 rings (SSSR count). The molecule has 23 heavy (non-hydrogen) atoms. The molecule has 2 saturated carbocycles. The Morgan fingerprint density at radius 1 is 1.17 bits per heavy atom. The number of aliphatic hydroxyl groups is 2. The Hall–Kier alpha value is -0.670. The molecule has 0 bridgehead atoms. The van der Waals surface area contributed by atoms with Crippen LogP contribution in [0.5, 0.6) is 0 Å². The topological polar surface area (TPSA) is 57.5 Å². The fraction of sp³-hybridized carbons (Fsp3) is 0.850. The van der Waals surface area contributed by atoms with E-state index in [1.807, 2.05) is 19.9 Å². The van der Waals surface area contributed by atoms with Gasteiger partial charge in [0.15, 0.2) is 5.78 Å². The quantitative estimate of drug-likeness (QED) is 0.777. The maximum atomic E-state index is 12.9. The summed E-state index contributed by atoms with van der Waals surface area (Å²) in [6, 6.07) is 0. The molecule has 0 spiro atoms. The van der Waals surface area contributed by atoms with Gasteiger partial charge in [-0.3, -0.25) is 4.79 Å². The summed E-state index contributed by atoms with van der Waals surface area (Å²) in [6.07, 6.45) is 5.48. The van der Waals surface area contributed by atoms with E-state index in [4.69, 9.17) is 0 Å². The minimum absolute atomic E-state index is 0.0563. The van der Waals surface area contributed by atoms with Crippen molar-refractivity contribution in [2.75, 3.05) is 0 Å². The van der Waals surface area contributed by atoms with Crippen LogP contribution in [0, 0.1) is 28.6 Å². The van der Waals surface area contributed by atoms with Crippen molar-refractivity contribution in [3.8, 4) is 0 Å². The van der Waals surface area contributed by atoms with Crippen LogP contribution in [0.2, 0.25) is 0 Å². The van der Waals surface area contributed by atoms with Crippen LogP contribution in [0.1, 0.15) is 66.7 Å². The van der Waals surface area contributed by atoms with Gasteiger partial charge in [0.05, 0.1) is 11.7 Å². The van der Waals surface area contributed by atoms with Crippen LogP contribution in [0.3, 0.4) is 0 Å². The largest absolute Gasteiger partial charge is 0.393 e. The second-order valence-corrected chi connectivity index (χ2v) is 9.40. The summed E-state index contributed by atoms with van der Waals surface area (Å²) in [4.78, 5) is 12.9. The summed E-state index contributed by atoms with van der Waals surface area (Å²) in [5, 5.41) is 21.3. The fourth-order valence-electron chi connectivity index (χ4n) is 5.68. The Balaban J connectivity index is 2.03. The molecular formula is C20H32O3. The Labute approximate surface area is 140 Å². The molecule has 3 aliphatic carbocycles. The predicted molar refractivity (Wildman–Crippen MR) is 90.8 cm³/mol. The molecule has 0 saturated heterocycles. The molecule has 130 valence electrons. The van der Waals surface area contributed by atoms with E-state index in [0.29, 0.717) is 6.42 Å².